The van der Waals surface area contributed by atoms with Gasteiger partial charge in [0.25, 0.3) is 0 Å². The van der Waals surface area contributed by atoms with Gasteiger partial charge in [-0.2, -0.15) is 0 Å². The fourth-order valence-corrected chi connectivity index (χ4v) is 5.07. The third-order valence-electron chi connectivity index (χ3n) is 6.87. The molecule has 3 aromatic carbocycles. The Balaban J connectivity index is 1.65. The first-order valence-corrected chi connectivity index (χ1v) is 13.2. The van der Waals surface area contributed by atoms with E-state index in [-0.39, 0.29) is 23.3 Å². The number of rotatable bonds is 10. The topological polar surface area (TPSA) is 115 Å². The summed E-state index contributed by atoms with van der Waals surface area (Å²) in [5, 5.41) is 9.05. The molecule has 0 aromatic heterocycles. The van der Waals surface area contributed by atoms with Gasteiger partial charge in [0, 0.05) is 31.1 Å². The molecule has 4 rings (SSSR count). The van der Waals surface area contributed by atoms with E-state index in [1.165, 1.54) is 6.92 Å². The minimum atomic E-state index is -0.378. The molecule has 3 N–H and O–H groups in total. The molecular weight excluding hydrogens is 510 g/mol. The van der Waals surface area contributed by atoms with Crippen molar-refractivity contribution in [2.45, 2.75) is 38.6 Å². The van der Waals surface area contributed by atoms with E-state index in [4.69, 9.17) is 14.2 Å². The van der Waals surface area contributed by atoms with E-state index in [1.54, 1.807) is 33.5 Å². The number of ether oxygens (including phenoxy) is 3. The number of para-hydroxylation sites is 1. The minimum Gasteiger partial charge on any atom is -0.493 e. The number of aryl methyl sites for hydroxylation is 1. The summed E-state index contributed by atoms with van der Waals surface area (Å²) in [4.78, 5) is 37.8. The standard InChI is InChI=1S/C31H35N3O6/c1-19(35)33-24-14-12-20-17-27(38-2)30(39-3)31(40-4)29(20)22-13-15-25(26(36)18-23(22)24)32-16-8-11-28(37)34-21-9-6-5-7-10-21/h5-7,9-10,13,15,17-18,24H,8,11-12,14,16H2,1-4H3,(H,32,36)(H,33,35)(H,34,37)/t24-/m0/s1. The molecule has 0 saturated heterocycles. The van der Waals surface area contributed by atoms with Crippen LogP contribution in [0.15, 0.2) is 59.4 Å². The molecule has 0 aliphatic heterocycles. The van der Waals surface area contributed by atoms with Crippen LogP contribution in [0, 0.1) is 0 Å². The average Bonchev–Trinajstić information content (AvgIpc) is 3.19. The Morgan fingerprint density at radius 1 is 0.950 bits per heavy atom. The van der Waals surface area contributed by atoms with Crippen LogP contribution >= 0.6 is 0 Å². The number of amides is 2. The van der Waals surface area contributed by atoms with Crippen molar-refractivity contribution < 1.29 is 23.8 Å². The highest BCUT2D eigenvalue weighted by atomic mass is 16.5. The van der Waals surface area contributed by atoms with Crippen LogP contribution in [0.4, 0.5) is 11.4 Å². The highest BCUT2D eigenvalue weighted by molar-refractivity contribution is 5.90. The number of methoxy groups -OCH3 is 3. The molecule has 0 spiro atoms. The van der Waals surface area contributed by atoms with E-state index in [0.29, 0.717) is 60.7 Å². The fraction of sp³-hybridized carbons (Fsp3) is 0.323. The van der Waals surface area contributed by atoms with Crippen molar-refractivity contribution in [3.8, 4) is 28.4 Å². The lowest BCUT2D eigenvalue weighted by atomic mass is 9.95. The van der Waals surface area contributed by atoms with Gasteiger partial charge in [-0.25, -0.2) is 0 Å². The van der Waals surface area contributed by atoms with Crippen LogP contribution in [0.3, 0.4) is 0 Å². The van der Waals surface area contributed by atoms with Crippen molar-refractivity contribution >= 4 is 23.2 Å². The second kappa shape index (κ2) is 13.0. The molecular formula is C31H35N3O6. The summed E-state index contributed by atoms with van der Waals surface area (Å²) in [5.41, 5.74) is 4.14. The smallest absolute Gasteiger partial charge is 0.224 e. The predicted octanol–water partition coefficient (Wildman–Crippen LogP) is 4.69. The number of fused-ring (bicyclic) bond motifs is 3. The molecule has 9 nitrogen and oxygen atoms in total. The quantitative estimate of drug-likeness (QED) is 0.317. The SMILES string of the molecule is COc1cc2c(c(OC)c1OC)-c1ccc(NCCCC(=O)Nc3ccccc3)c(=O)cc1[C@@H](NC(C)=O)CC2. The van der Waals surface area contributed by atoms with E-state index in [0.717, 1.165) is 22.4 Å². The van der Waals surface area contributed by atoms with Crippen LogP contribution in [-0.2, 0) is 16.0 Å². The van der Waals surface area contributed by atoms with E-state index >= 15 is 0 Å². The van der Waals surface area contributed by atoms with Crippen molar-refractivity contribution in [2.75, 3.05) is 38.5 Å². The lowest BCUT2D eigenvalue weighted by Crippen LogP contribution is -2.26. The van der Waals surface area contributed by atoms with Crippen LogP contribution in [-0.4, -0.2) is 39.7 Å². The zero-order valence-electron chi connectivity index (χ0n) is 23.3. The van der Waals surface area contributed by atoms with Crippen LogP contribution in [0.1, 0.15) is 43.4 Å². The third kappa shape index (κ3) is 6.36. The lowest BCUT2D eigenvalue weighted by Gasteiger charge is -2.19. The van der Waals surface area contributed by atoms with Gasteiger partial charge in [-0.1, -0.05) is 24.3 Å². The molecule has 0 fully saturated rings. The van der Waals surface area contributed by atoms with Crippen molar-refractivity contribution in [3.05, 3.63) is 75.9 Å². The maximum Gasteiger partial charge on any atom is 0.224 e. The summed E-state index contributed by atoms with van der Waals surface area (Å²) in [6.45, 7) is 1.90. The van der Waals surface area contributed by atoms with E-state index in [2.05, 4.69) is 16.0 Å². The molecule has 40 heavy (non-hydrogen) atoms. The molecule has 9 heteroatoms. The number of nitrogens with one attached hydrogen (secondary N) is 3. The van der Waals surface area contributed by atoms with Crippen LogP contribution in [0.5, 0.6) is 17.2 Å². The largest absolute Gasteiger partial charge is 0.493 e. The van der Waals surface area contributed by atoms with E-state index in [9.17, 15) is 14.4 Å². The molecule has 0 unspecified atom stereocenters. The first-order valence-electron chi connectivity index (χ1n) is 13.2. The Labute approximate surface area is 233 Å². The Hall–Kier alpha value is -4.53. The molecule has 0 heterocycles. The van der Waals surface area contributed by atoms with Crippen LogP contribution in [0.25, 0.3) is 11.1 Å². The highest BCUT2D eigenvalue weighted by Gasteiger charge is 2.29. The predicted molar refractivity (Wildman–Crippen MR) is 155 cm³/mol. The van der Waals surface area contributed by atoms with E-state index < -0.39 is 0 Å². The summed E-state index contributed by atoms with van der Waals surface area (Å²) in [6.07, 6.45) is 2.06. The first-order chi connectivity index (χ1) is 19.4. The molecule has 0 radical (unpaired) electrons. The van der Waals surface area contributed by atoms with Crippen LogP contribution in [0.2, 0.25) is 0 Å². The maximum atomic E-state index is 13.4. The van der Waals surface area contributed by atoms with E-state index in [1.807, 2.05) is 42.5 Å². The molecule has 1 aliphatic carbocycles. The maximum absolute atomic E-state index is 13.4. The van der Waals surface area contributed by atoms with Gasteiger partial charge in [-0.15, -0.1) is 0 Å². The van der Waals surface area contributed by atoms with Gasteiger partial charge in [0.2, 0.25) is 23.0 Å². The molecule has 210 valence electrons. The fourth-order valence-electron chi connectivity index (χ4n) is 5.07. The lowest BCUT2D eigenvalue weighted by molar-refractivity contribution is -0.119. The Bertz CT molecular complexity index is 1440. The average molecular weight is 546 g/mol. The number of benzene rings is 2. The van der Waals surface area contributed by atoms with Crippen molar-refractivity contribution in [2.24, 2.45) is 0 Å². The number of hydrogen-bond donors (Lipinski definition) is 3. The third-order valence-corrected chi connectivity index (χ3v) is 6.87. The molecule has 1 atom stereocenters. The summed E-state index contributed by atoms with van der Waals surface area (Å²) >= 11 is 0. The number of carbonyl (C=O) groups is 2. The molecule has 0 saturated carbocycles. The first kappa shape index (κ1) is 28.5. The van der Waals surface area contributed by atoms with Gasteiger partial charge in [-0.3, -0.25) is 14.4 Å². The number of hydrogen-bond acceptors (Lipinski definition) is 7. The van der Waals surface area contributed by atoms with Gasteiger partial charge in [0.05, 0.1) is 33.1 Å². The second-order valence-electron chi connectivity index (χ2n) is 9.54. The van der Waals surface area contributed by atoms with Crippen LogP contribution < -0.4 is 35.6 Å². The van der Waals surface area contributed by atoms with Gasteiger partial charge >= 0.3 is 0 Å². The van der Waals surface area contributed by atoms with Crippen molar-refractivity contribution in [1.82, 2.24) is 5.32 Å². The summed E-state index contributed by atoms with van der Waals surface area (Å²) in [6, 6.07) is 16.0. The van der Waals surface area contributed by atoms with Gasteiger partial charge in [0.1, 0.15) is 0 Å². The van der Waals surface area contributed by atoms with Crippen molar-refractivity contribution in [3.63, 3.8) is 0 Å². The summed E-state index contributed by atoms with van der Waals surface area (Å²) in [5.74, 6) is 1.22. The summed E-state index contributed by atoms with van der Waals surface area (Å²) in [7, 11) is 4.69. The monoisotopic (exact) mass is 545 g/mol. The number of anilines is 2. The normalized spacial score (nSPS) is 13.7. The highest BCUT2D eigenvalue weighted by Crippen LogP contribution is 2.50. The zero-order chi connectivity index (χ0) is 28.6. The Morgan fingerprint density at radius 2 is 1.70 bits per heavy atom. The minimum absolute atomic E-state index is 0.0908. The molecule has 1 aliphatic rings. The van der Waals surface area contributed by atoms with Gasteiger partial charge < -0.3 is 30.2 Å². The van der Waals surface area contributed by atoms with Gasteiger partial charge in [-0.05, 0) is 66.3 Å². The second-order valence-corrected chi connectivity index (χ2v) is 9.54. The number of carbonyl (C=O) groups excluding carboxylic acids is 2. The molecule has 3 aromatic rings. The van der Waals surface area contributed by atoms with Gasteiger partial charge in [0.15, 0.2) is 11.5 Å². The zero-order valence-corrected chi connectivity index (χ0v) is 23.3. The Kier molecular flexibility index (Phi) is 9.27. The van der Waals surface area contributed by atoms with Crippen molar-refractivity contribution in [1.29, 1.82) is 0 Å². The molecule has 0 bridgehead atoms. The molecule has 2 amide bonds. The Morgan fingerprint density at radius 3 is 2.38 bits per heavy atom. The summed E-state index contributed by atoms with van der Waals surface area (Å²) < 4.78 is 17.0.